The Morgan fingerprint density at radius 2 is 0.936 bits per heavy atom. The maximum absolute atomic E-state index is 13.7. The maximum atomic E-state index is 13.7. The van der Waals surface area contributed by atoms with E-state index in [0.717, 1.165) is 51.8 Å². The van der Waals surface area contributed by atoms with Gasteiger partial charge in [-0.2, -0.15) is 0 Å². The molecule has 0 N–H and O–H groups in total. The Balaban J connectivity index is 1.10. The summed E-state index contributed by atoms with van der Waals surface area (Å²) in [7, 11) is 0. The SMILES string of the molecule is Cc1cc(C(c2cccnc2)c2cc(C)c(N3C(=O)C4C5C=CC(C5)C4C3=O)c(C)c2)cc(C)c1N1C(=O)C2C3C=CC(C3)C2C1=O. The number of carbonyl (C=O) groups is 4. The number of fused-ring (bicyclic) bond motifs is 10. The van der Waals surface area contributed by atoms with Crippen molar-refractivity contribution in [3.8, 4) is 0 Å². The molecule has 2 aliphatic heterocycles. The molecular weight excluding hydrogens is 586 g/mol. The molecule has 4 bridgehead atoms. The van der Waals surface area contributed by atoms with E-state index < -0.39 is 0 Å². The summed E-state index contributed by atoms with van der Waals surface area (Å²) in [5.74, 6) is -0.819. The highest BCUT2D eigenvalue weighted by atomic mass is 16.2. The summed E-state index contributed by atoms with van der Waals surface area (Å²) >= 11 is 0. The van der Waals surface area contributed by atoms with Crippen molar-refractivity contribution in [2.45, 2.75) is 46.5 Å². The monoisotopic (exact) mass is 623 g/mol. The number of benzene rings is 2. The van der Waals surface area contributed by atoms with Crippen LogP contribution in [0.2, 0.25) is 0 Å². The summed E-state index contributed by atoms with van der Waals surface area (Å²) < 4.78 is 0. The van der Waals surface area contributed by atoms with Gasteiger partial charge in [0.1, 0.15) is 0 Å². The van der Waals surface area contributed by atoms with E-state index in [1.807, 2.05) is 40.0 Å². The lowest BCUT2D eigenvalue weighted by atomic mass is 9.82. The lowest BCUT2D eigenvalue weighted by Crippen LogP contribution is -2.34. The topological polar surface area (TPSA) is 87.7 Å². The molecule has 2 saturated heterocycles. The molecule has 8 atom stereocenters. The van der Waals surface area contributed by atoms with Crippen LogP contribution in [-0.2, 0) is 19.2 Å². The second-order valence-corrected chi connectivity index (χ2v) is 14.7. The maximum Gasteiger partial charge on any atom is 0.238 e. The Bertz CT molecular complexity index is 1770. The van der Waals surface area contributed by atoms with Crippen LogP contribution in [-0.4, -0.2) is 28.6 Å². The van der Waals surface area contributed by atoms with Crippen LogP contribution in [0.4, 0.5) is 11.4 Å². The normalized spacial score (nSPS) is 31.9. The van der Waals surface area contributed by atoms with Crippen LogP contribution < -0.4 is 9.80 Å². The number of aryl methyl sites for hydroxylation is 4. The first-order valence-corrected chi connectivity index (χ1v) is 16.9. The molecule has 4 aliphatic carbocycles. The van der Waals surface area contributed by atoms with Crippen LogP contribution in [0.25, 0.3) is 0 Å². The van der Waals surface area contributed by atoms with E-state index in [1.54, 1.807) is 6.20 Å². The minimum absolute atomic E-state index is 0.0691. The Hall–Kier alpha value is -4.65. The second-order valence-electron chi connectivity index (χ2n) is 14.7. The van der Waals surface area contributed by atoms with E-state index in [1.165, 1.54) is 9.80 Å². The average Bonchev–Trinajstić information content (AvgIpc) is 3.89. The van der Waals surface area contributed by atoms with Crippen LogP contribution in [0.5, 0.6) is 0 Å². The van der Waals surface area contributed by atoms with Gasteiger partial charge in [-0.25, -0.2) is 9.80 Å². The zero-order chi connectivity index (χ0) is 32.5. The molecule has 2 saturated carbocycles. The lowest BCUT2D eigenvalue weighted by molar-refractivity contribution is -0.124. The number of carbonyl (C=O) groups excluding carboxylic acids is 4. The molecule has 1 aromatic heterocycles. The number of amides is 4. The van der Waals surface area contributed by atoms with Crippen molar-refractivity contribution in [3.63, 3.8) is 0 Å². The highest BCUT2D eigenvalue weighted by Gasteiger charge is 2.61. The smallest absolute Gasteiger partial charge is 0.238 e. The molecule has 0 radical (unpaired) electrons. The van der Waals surface area contributed by atoms with Gasteiger partial charge in [0.25, 0.3) is 0 Å². The highest BCUT2D eigenvalue weighted by molar-refractivity contribution is 6.24. The van der Waals surface area contributed by atoms with Gasteiger partial charge < -0.3 is 0 Å². The zero-order valence-corrected chi connectivity index (χ0v) is 27.0. The fraction of sp³-hybridized carbons (Fsp3) is 0.375. The standard InChI is InChI=1S/C40H37N3O4/c1-19-12-28(13-20(2)35(19)42-37(44)31-23-7-8-24(16-23)32(31)38(42)45)30(27-6-5-11-41-18-27)29-14-21(3)36(22(4)15-29)43-39(46)33-25-9-10-26(17-25)34(33)40(43)47/h5-15,18,23-26,30-34H,16-17H2,1-4H3. The van der Waals surface area contributed by atoms with E-state index in [9.17, 15) is 19.2 Å². The van der Waals surface area contributed by atoms with Crippen molar-refractivity contribution in [2.75, 3.05) is 9.80 Å². The molecule has 47 heavy (non-hydrogen) atoms. The van der Waals surface area contributed by atoms with E-state index in [2.05, 4.69) is 59.6 Å². The number of hydrogen-bond acceptors (Lipinski definition) is 5. The van der Waals surface area contributed by atoms with Gasteiger partial charge in [0.15, 0.2) is 0 Å². The molecule has 3 heterocycles. The number of anilines is 2. The van der Waals surface area contributed by atoms with Gasteiger partial charge in [-0.3, -0.25) is 24.2 Å². The van der Waals surface area contributed by atoms with Crippen molar-refractivity contribution in [1.82, 2.24) is 4.98 Å². The number of nitrogens with zero attached hydrogens (tertiary/aromatic N) is 3. The number of hydrogen-bond donors (Lipinski definition) is 0. The van der Waals surface area contributed by atoms with Crippen LogP contribution in [0.1, 0.15) is 57.7 Å². The number of pyridine rings is 1. The zero-order valence-electron chi connectivity index (χ0n) is 27.0. The summed E-state index contributed by atoms with van der Waals surface area (Å²) in [5, 5.41) is 0. The van der Waals surface area contributed by atoms with Gasteiger partial charge >= 0.3 is 0 Å². The van der Waals surface area contributed by atoms with Crippen molar-refractivity contribution in [3.05, 3.63) is 112 Å². The number of rotatable bonds is 5. The summed E-state index contributed by atoms with van der Waals surface area (Å²) in [6.07, 6.45) is 13.9. The van der Waals surface area contributed by atoms with E-state index in [0.29, 0.717) is 11.4 Å². The van der Waals surface area contributed by atoms with Gasteiger partial charge in [-0.1, -0.05) is 54.6 Å². The minimum Gasteiger partial charge on any atom is -0.274 e. The first-order valence-electron chi connectivity index (χ1n) is 16.9. The summed E-state index contributed by atoms with van der Waals surface area (Å²) in [6.45, 7) is 7.93. The van der Waals surface area contributed by atoms with E-state index in [4.69, 9.17) is 0 Å². The van der Waals surface area contributed by atoms with Crippen LogP contribution in [0.15, 0.2) is 73.1 Å². The first-order chi connectivity index (χ1) is 22.6. The highest BCUT2D eigenvalue weighted by Crippen LogP contribution is 2.55. The van der Waals surface area contributed by atoms with Crippen molar-refractivity contribution >= 4 is 35.0 Å². The van der Waals surface area contributed by atoms with Crippen LogP contribution in [0, 0.1) is 75.0 Å². The quantitative estimate of drug-likeness (QED) is 0.253. The molecule has 3 aromatic rings. The lowest BCUT2D eigenvalue weighted by Gasteiger charge is -2.27. The van der Waals surface area contributed by atoms with Gasteiger partial charge in [-0.05, 0) is 109 Å². The molecule has 6 aliphatic rings. The third kappa shape index (κ3) is 3.83. The average molecular weight is 624 g/mol. The largest absolute Gasteiger partial charge is 0.274 e. The second kappa shape index (κ2) is 9.93. The Labute approximate surface area is 274 Å². The van der Waals surface area contributed by atoms with Gasteiger partial charge in [0.05, 0.1) is 35.0 Å². The minimum atomic E-state index is -0.246. The number of aromatic nitrogens is 1. The van der Waals surface area contributed by atoms with E-state index >= 15 is 0 Å². The van der Waals surface area contributed by atoms with E-state index in [-0.39, 0.29) is 76.9 Å². The predicted molar refractivity (Wildman–Crippen MR) is 177 cm³/mol. The molecule has 236 valence electrons. The summed E-state index contributed by atoms with van der Waals surface area (Å²) in [4.78, 5) is 62.3. The summed E-state index contributed by atoms with van der Waals surface area (Å²) in [5.41, 5.74) is 7.96. The van der Waals surface area contributed by atoms with Crippen LogP contribution in [0.3, 0.4) is 0 Å². The molecular formula is C40H37N3O4. The first kappa shape index (κ1) is 28.6. The molecule has 7 nitrogen and oxygen atoms in total. The van der Waals surface area contributed by atoms with Crippen molar-refractivity contribution < 1.29 is 19.2 Å². The molecule has 4 amide bonds. The molecule has 4 fully saturated rings. The van der Waals surface area contributed by atoms with Gasteiger partial charge in [0.2, 0.25) is 23.6 Å². The van der Waals surface area contributed by atoms with Gasteiger partial charge in [-0.15, -0.1) is 0 Å². The number of allylic oxidation sites excluding steroid dienone is 4. The summed E-state index contributed by atoms with van der Waals surface area (Å²) in [6, 6.07) is 12.4. The van der Waals surface area contributed by atoms with Crippen molar-refractivity contribution in [1.29, 1.82) is 0 Å². The molecule has 8 unspecified atom stereocenters. The Kier molecular flexibility index (Phi) is 6.03. The third-order valence-corrected chi connectivity index (χ3v) is 12.1. The van der Waals surface area contributed by atoms with Crippen LogP contribution >= 0.6 is 0 Å². The molecule has 7 heteroatoms. The fourth-order valence-electron chi connectivity index (χ4n) is 10.4. The Morgan fingerprint density at radius 1 is 0.574 bits per heavy atom. The molecule has 0 spiro atoms. The predicted octanol–water partition coefficient (Wildman–Crippen LogP) is 6.12. The van der Waals surface area contributed by atoms with Gasteiger partial charge in [0, 0.05) is 18.3 Å². The van der Waals surface area contributed by atoms with Crippen molar-refractivity contribution in [2.24, 2.45) is 47.3 Å². The third-order valence-electron chi connectivity index (χ3n) is 12.1. The molecule has 2 aromatic carbocycles. The number of imide groups is 2. The fourth-order valence-corrected chi connectivity index (χ4v) is 10.4. The molecule has 9 rings (SSSR count). The Morgan fingerprint density at radius 3 is 1.26 bits per heavy atom.